The second kappa shape index (κ2) is 6.28. The molecule has 0 saturated heterocycles. The number of hydrogen-bond acceptors (Lipinski definition) is 3. The van der Waals surface area contributed by atoms with E-state index >= 15 is 0 Å². The van der Waals surface area contributed by atoms with Crippen molar-refractivity contribution in [2.45, 2.75) is 19.3 Å². The standard InChI is InChI=1S/C12H13ClO3/c1-2-16-12(15)7-10(8-14)9-3-5-11(13)6-4-9/h3-6,8,10H,2,7H2,1H3/t10-/m0/s1. The highest BCUT2D eigenvalue weighted by atomic mass is 35.5. The number of esters is 1. The van der Waals surface area contributed by atoms with Crippen molar-refractivity contribution in [2.75, 3.05) is 6.61 Å². The number of rotatable bonds is 5. The van der Waals surface area contributed by atoms with Gasteiger partial charge in [-0.2, -0.15) is 0 Å². The Morgan fingerprint density at radius 3 is 2.56 bits per heavy atom. The van der Waals surface area contributed by atoms with E-state index in [2.05, 4.69) is 0 Å². The van der Waals surface area contributed by atoms with Crippen LogP contribution in [0.4, 0.5) is 0 Å². The number of hydrogen-bond donors (Lipinski definition) is 0. The van der Waals surface area contributed by atoms with Crippen LogP contribution in [0, 0.1) is 0 Å². The van der Waals surface area contributed by atoms with Gasteiger partial charge in [-0.1, -0.05) is 23.7 Å². The Labute approximate surface area is 99.4 Å². The molecule has 0 aliphatic carbocycles. The molecular weight excluding hydrogens is 228 g/mol. The summed E-state index contributed by atoms with van der Waals surface area (Å²) in [6.45, 7) is 2.06. The Bertz CT molecular complexity index is 359. The first-order valence-electron chi connectivity index (χ1n) is 5.03. The minimum atomic E-state index is -0.462. The van der Waals surface area contributed by atoms with Gasteiger partial charge in [0.25, 0.3) is 0 Å². The third kappa shape index (κ3) is 3.66. The Morgan fingerprint density at radius 2 is 2.06 bits per heavy atom. The Hall–Kier alpha value is -1.35. The molecule has 86 valence electrons. The lowest BCUT2D eigenvalue weighted by molar-refractivity contribution is -0.144. The summed E-state index contributed by atoms with van der Waals surface area (Å²) in [5, 5.41) is 0.601. The van der Waals surface area contributed by atoms with E-state index in [0.717, 1.165) is 11.8 Å². The lowest BCUT2D eigenvalue weighted by Crippen LogP contribution is -2.11. The van der Waals surface area contributed by atoms with Crippen molar-refractivity contribution < 1.29 is 14.3 Å². The van der Waals surface area contributed by atoms with Gasteiger partial charge in [0, 0.05) is 5.02 Å². The second-order valence-electron chi connectivity index (χ2n) is 3.30. The molecule has 0 bridgehead atoms. The average Bonchev–Trinajstić information content (AvgIpc) is 2.27. The second-order valence-corrected chi connectivity index (χ2v) is 3.74. The summed E-state index contributed by atoms with van der Waals surface area (Å²) in [5.74, 6) is -0.828. The van der Waals surface area contributed by atoms with Crippen molar-refractivity contribution >= 4 is 23.9 Å². The molecule has 1 atom stereocenters. The van der Waals surface area contributed by atoms with Gasteiger partial charge >= 0.3 is 5.97 Å². The molecule has 3 nitrogen and oxygen atoms in total. The predicted octanol–water partition coefficient (Wildman–Crippen LogP) is 2.58. The van der Waals surface area contributed by atoms with E-state index in [0.29, 0.717) is 11.6 Å². The molecule has 0 unspecified atom stereocenters. The van der Waals surface area contributed by atoms with Crippen LogP contribution in [0.5, 0.6) is 0 Å². The van der Waals surface area contributed by atoms with Crippen molar-refractivity contribution in [3.8, 4) is 0 Å². The van der Waals surface area contributed by atoms with E-state index in [9.17, 15) is 9.59 Å². The van der Waals surface area contributed by atoms with E-state index in [1.807, 2.05) is 0 Å². The molecule has 0 aromatic heterocycles. The Morgan fingerprint density at radius 1 is 1.44 bits per heavy atom. The van der Waals surface area contributed by atoms with Crippen LogP contribution >= 0.6 is 11.6 Å². The topological polar surface area (TPSA) is 43.4 Å². The van der Waals surface area contributed by atoms with E-state index in [4.69, 9.17) is 16.3 Å². The fourth-order valence-electron chi connectivity index (χ4n) is 1.35. The molecule has 0 N–H and O–H groups in total. The van der Waals surface area contributed by atoms with Crippen LogP contribution in [-0.2, 0) is 14.3 Å². The highest BCUT2D eigenvalue weighted by Crippen LogP contribution is 2.20. The van der Waals surface area contributed by atoms with Crippen LogP contribution in [-0.4, -0.2) is 18.9 Å². The number of aldehydes is 1. The maximum Gasteiger partial charge on any atom is 0.306 e. The van der Waals surface area contributed by atoms with E-state index in [-0.39, 0.29) is 12.4 Å². The van der Waals surface area contributed by atoms with Gasteiger partial charge < -0.3 is 9.53 Å². The van der Waals surface area contributed by atoms with Crippen molar-refractivity contribution in [2.24, 2.45) is 0 Å². The van der Waals surface area contributed by atoms with Crippen molar-refractivity contribution in [1.82, 2.24) is 0 Å². The summed E-state index contributed by atoms with van der Waals surface area (Å²) >= 11 is 5.74. The summed E-state index contributed by atoms with van der Waals surface area (Å²) in [7, 11) is 0. The van der Waals surface area contributed by atoms with Gasteiger partial charge in [-0.3, -0.25) is 4.79 Å². The zero-order valence-electron chi connectivity index (χ0n) is 8.98. The molecule has 1 aromatic carbocycles. The Balaban J connectivity index is 2.71. The number of carbonyl (C=O) groups excluding carboxylic acids is 2. The number of ether oxygens (including phenoxy) is 1. The smallest absolute Gasteiger partial charge is 0.306 e. The molecule has 0 heterocycles. The minimum Gasteiger partial charge on any atom is -0.466 e. The zero-order chi connectivity index (χ0) is 12.0. The monoisotopic (exact) mass is 240 g/mol. The van der Waals surface area contributed by atoms with Crippen molar-refractivity contribution in [3.05, 3.63) is 34.9 Å². The normalized spacial score (nSPS) is 11.9. The van der Waals surface area contributed by atoms with Gasteiger partial charge in [0.1, 0.15) is 6.29 Å². The SMILES string of the molecule is CCOC(=O)C[C@@H](C=O)c1ccc(Cl)cc1. The van der Waals surface area contributed by atoms with E-state index in [1.165, 1.54) is 0 Å². The number of carbonyl (C=O) groups is 2. The summed E-state index contributed by atoms with van der Waals surface area (Å²) < 4.78 is 4.80. The van der Waals surface area contributed by atoms with Gasteiger partial charge in [0.15, 0.2) is 0 Å². The van der Waals surface area contributed by atoms with E-state index in [1.54, 1.807) is 31.2 Å². The van der Waals surface area contributed by atoms with Gasteiger partial charge in [0.2, 0.25) is 0 Å². The van der Waals surface area contributed by atoms with Crippen LogP contribution < -0.4 is 0 Å². The maximum absolute atomic E-state index is 11.2. The molecule has 1 rings (SSSR count). The fraction of sp³-hybridized carbons (Fsp3) is 0.333. The van der Waals surface area contributed by atoms with Crippen LogP contribution in [0.1, 0.15) is 24.8 Å². The molecule has 1 aromatic rings. The minimum absolute atomic E-state index is 0.0684. The molecule has 0 spiro atoms. The Kier molecular flexibility index (Phi) is 4.99. The summed E-state index contributed by atoms with van der Waals surface area (Å²) in [6, 6.07) is 6.86. The summed E-state index contributed by atoms with van der Waals surface area (Å²) in [4.78, 5) is 22.1. The average molecular weight is 241 g/mol. The molecule has 0 fully saturated rings. The van der Waals surface area contributed by atoms with Crippen LogP contribution in [0.15, 0.2) is 24.3 Å². The fourth-order valence-corrected chi connectivity index (χ4v) is 1.48. The first kappa shape index (κ1) is 12.7. The first-order valence-corrected chi connectivity index (χ1v) is 5.41. The lowest BCUT2D eigenvalue weighted by Gasteiger charge is -2.09. The van der Waals surface area contributed by atoms with Gasteiger partial charge in [-0.05, 0) is 24.6 Å². The van der Waals surface area contributed by atoms with Crippen LogP contribution in [0.25, 0.3) is 0 Å². The maximum atomic E-state index is 11.2. The highest BCUT2D eigenvalue weighted by molar-refractivity contribution is 6.30. The highest BCUT2D eigenvalue weighted by Gasteiger charge is 2.15. The quantitative estimate of drug-likeness (QED) is 0.587. The zero-order valence-corrected chi connectivity index (χ0v) is 9.74. The van der Waals surface area contributed by atoms with Crippen molar-refractivity contribution in [3.63, 3.8) is 0 Å². The van der Waals surface area contributed by atoms with Gasteiger partial charge in [-0.15, -0.1) is 0 Å². The lowest BCUT2D eigenvalue weighted by atomic mass is 9.97. The molecule has 0 radical (unpaired) electrons. The number of halogens is 1. The molecular formula is C12H13ClO3. The van der Waals surface area contributed by atoms with Gasteiger partial charge in [0.05, 0.1) is 18.9 Å². The molecule has 16 heavy (non-hydrogen) atoms. The predicted molar refractivity (Wildman–Crippen MR) is 61.5 cm³/mol. The first-order chi connectivity index (χ1) is 7.67. The summed E-state index contributed by atoms with van der Waals surface area (Å²) in [5.41, 5.74) is 0.771. The largest absolute Gasteiger partial charge is 0.466 e. The third-order valence-electron chi connectivity index (χ3n) is 2.15. The molecule has 0 aliphatic rings. The van der Waals surface area contributed by atoms with Crippen LogP contribution in [0.2, 0.25) is 5.02 Å². The molecule has 0 amide bonds. The number of benzene rings is 1. The third-order valence-corrected chi connectivity index (χ3v) is 2.41. The molecule has 0 aliphatic heterocycles. The van der Waals surface area contributed by atoms with Crippen molar-refractivity contribution in [1.29, 1.82) is 0 Å². The summed E-state index contributed by atoms with van der Waals surface area (Å²) in [6.07, 6.45) is 0.819. The van der Waals surface area contributed by atoms with Gasteiger partial charge in [-0.25, -0.2) is 0 Å². The van der Waals surface area contributed by atoms with E-state index < -0.39 is 5.92 Å². The molecule has 0 saturated carbocycles. The van der Waals surface area contributed by atoms with Crippen LogP contribution in [0.3, 0.4) is 0 Å². The molecule has 4 heteroatoms.